The number of para-hydroxylation sites is 1. The number of ether oxygens (including phenoxy) is 1. The number of nitrogens with zero attached hydrogens (tertiary/aromatic N) is 3. The molecule has 0 radical (unpaired) electrons. The number of carboxylic acid groups (broad SMARTS) is 1. The normalized spacial score (nSPS) is 22.2. The van der Waals surface area contributed by atoms with E-state index >= 15 is 0 Å². The lowest BCUT2D eigenvalue weighted by Crippen LogP contribution is -2.36. The first-order valence-electron chi connectivity index (χ1n) is 11.6. The molecule has 2 aliphatic heterocycles. The summed E-state index contributed by atoms with van der Waals surface area (Å²) in [4.78, 5) is 18.8. The van der Waals surface area contributed by atoms with Gasteiger partial charge in [0.15, 0.2) is 5.11 Å². The van der Waals surface area contributed by atoms with E-state index in [4.69, 9.17) is 17.0 Å². The number of benzene rings is 1. The second-order valence-electron chi connectivity index (χ2n) is 8.90. The third-order valence-corrected chi connectivity index (χ3v) is 7.14. The van der Waals surface area contributed by atoms with Crippen LogP contribution in [0.1, 0.15) is 57.9 Å². The van der Waals surface area contributed by atoms with Gasteiger partial charge >= 0.3 is 5.97 Å². The molecule has 0 aliphatic carbocycles. The van der Waals surface area contributed by atoms with Crippen LogP contribution >= 0.6 is 12.2 Å². The van der Waals surface area contributed by atoms with Crippen LogP contribution in [0, 0.1) is 13.8 Å². The molecule has 5 rings (SSSR count). The van der Waals surface area contributed by atoms with Crippen LogP contribution < -0.4 is 5.32 Å². The summed E-state index contributed by atoms with van der Waals surface area (Å²) in [6.45, 7) is 5.54. The van der Waals surface area contributed by atoms with Gasteiger partial charge in [0.1, 0.15) is 0 Å². The van der Waals surface area contributed by atoms with Gasteiger partial charge in [-0.15, -0.1) is 0 Å². The molecule has 34 heavy (non-hydrogen) atoms. The Morgan fingerprint density at radius 1 is 1.24 bits per heavy atom. The molecule has 2 N–H and O–H groups in total. The Balaban J connectivity index is 1.62. The van der Waals surface area contributed by atoms with Crippen molar-refractivity contribution in [2.24, 2.45) is 0 Å². The molecule has 0 saturated carbocycles. The van der Waals surface area contributed by atoms with Crippen molar-refractivity contribution < 1.29 is 14.6 Å². The molecule has 0 bridgehead atoms. The van der Waals surface area contributed by atoms with Gasteiger partial charge in [-0.1, -0.05) is 18.2 Å². The number of pyridine rings is 1. The quantitative estimate of drug-likeness (QED) is 0.513. The zero-order chi connectivity index (χ0) is 23.8. The Kier molecular flexibility index (Phi) is 6.10. The van der Waals surface area contributed by atoms with Crippen LogP contribution in [0.15, 0.2) is 54.7 Å². The number of nitrogens with one attached hydrogen (secondary N) is 1. The van der Waals surface area contributed by atoms with Crippen molar-refractivity contribution in [3.63, 3.8) is 0 Å². The van der Waals surface area contributed by atoms with Crippen molar-refractivity contribution in [3.8, 4) is 5.69 Å². The molecule has 2 aromatic heterocycles. The van der Waals surface area contributed by atoms with E-state index in [1.54, 1.807) is 18.3 Å². The first kappa shape index (κ1) is 22.6. The topological polar surface area (TPSA) is 79.6 Å². The van der Waals surface area contributed by atoms with E-state index in [2.05, 4.69) is 21.3 Å². The fraction of sp³-hybridized carbons (Fsp3) is 0.346. The number of rotatable bonds is 6. The highest BCUT2D eigenvalue weighted by Crippen LogP contribution is 2.42. The highest BCUT2D eigenvalue weighted by molar-refractivity contribution is 7.80. The molecule has 2 saturated heterocycles. The van der Waals surface area contributed by atoms with Gasteiger partial charge in [-0.2, -0.15) is 0 Å². The fourth-order valence-corrected chi connectivity index (χ4v) is 5.57. The number of hydrogen-bond acceptors (Lipinski definition) is 4. The SMILES string of the molecule is Cc1cc([C@@H]2[C@@H](c3ccccn3)NC(=S)N2C[C@H]2CCCO2)c(C)n1-c1ccccc1C(=O)O. The van der Waals surface area contributed by atoms with Gasteiger partial charge in [0.2, 0.25) is 0 Å². The van der Waals surface area contributed by atoms with Gasteiger partial charge in [-0.05, 0) is 74.8 Å². The predicted molar refractivity (Wildman–Crippen MR) is 133 cm³/mol. The van der Waals surface area contributed by atoms with Crippen LogP contribution in [0.5, 0.6) is 0 Å². The maximum absolute atomic E-state index is 11.9. The van der Waals surface area contributed by atoms with Crippen molar-refractivity contribution >= 4 is 23.3 Å². The summed E-state index contributed by atoms with van der Waals surface area (Å²) in [5.41, 5.74) is 4.90. The van der Waals surface area contributed by atoms with Gasteiger partial charge < -0.3 is 24.6 Å². The van der Waals surface area contributed by atoms with Gasteiger partial charge in [0, 0.05) is 30.7 Å². The maximum Gasteiger partial charge on any atom is 0.337 e. The summed E-state index contributed by atoms with van der Waals surface area (Å²) < 4.78 is 7.97. The number of carboxylic acids is 1. The van der Waals surface area contributed by atoms with E-state index in [0.717, 1.165) is 42.1 Å². The molecule has 4 heterocycles. The van der Waals surface area contributed by atoms with E-state index in [1.807, 2.05) is 48.7 Å². The van der Waals surface area contributed by atoms with Crippen LogP contribution in [0.4, 0.5) is 0 Å². The Hall–Kier alpha value is -3.23. The Morgan fingerprint density at radius 3 is 2.74 bits per heavy atom. The lowest BCUT2D eigenvalue weighted by atomic mass is 9.96. The smallest absolute Gasteiger partial charge is 0.337 e. The fourth-order valence-electron chi connectivity index (χ4n) is 5.26. The van der Waals surface area contributed by atoms with Gasteiger partial charge in [-0.3, -0.25) is 4.98 Å². The molecule has 176 valence electrons. The predicted octanol–water partition coefficient (Wildman–Crippen LogP) is 4.34. The van der Waals surface area contributed by atoms with Crippen molar-refractivity contribution in [2.75, 3.05) is 13.2 Å². The monoisotopic (exact) mass is 476 g/mol. The molecule has 8 heteroatoms. The number of hydrogen-bond donors (Lipinski definition) is 2. The van der Waals surface area contributed by atoms with Crippen molar-refractivity contribution in [1.82, 2.24) is 19.8 Å². The summed E-state index contributed by atoms with van der Waals surface area (Å²) in [5, 5.41) is 14.0. The van der Waals surface area contributed by atoms with E-state index in [0.29, 0.717) is 17.3 Å². The van der Waals surface area contributed by atoms with Crippen molar-refractivity contribution in [1.29, 1.82) is 0 Å². The molecule has 3 aromatic rings. The van der Waals surface area contributed by atoms with Crippen molar-refractivity contribution in [3.05, 3.63) is 82.9 Å². The average molecular weight is 477 g/mol. The van der Waals surface area contributed by atoms with Crippen LogP contribution in [-0.2, 0) is 4.74 Å². The summed E-state index contributed by atoms with van der Waals surface area (Å²) in [6.07, 6.45) is 4.02. The first-order chi connectivity index (χ1) is 16.5. The van der Waals surface area contributed by atoms with E-state index in [-0.39, 0.29) is 23.8 Å². The van der Waals surface area contributed by atoms with E-state index in [9.17, 15) is 9.90 Å². The lowest BCUT2D eigenvalue weighted by Gasteiger charge is -2.30. The standard InChI is InChI=1S/C26H28N4O3S/c1-16-14-20(17(2)30(16)22-11-4-3-9-19(22)25(31)32)24-23(21-10-5-6-12-27-21)28-26(34)29(24)15-18-8-7-13-33-18/h3-6,9-12,14,18,23-24H,7-8,13,15H2,1-2H3,(H,28,34)(H,31,32)/t18-,23-,24-/m1/s1. The molecule has 2 aliphatic rings. The highest BCUT2D eigenvalue weighted by atomic mass is 32.1. The minimum atomic E-state index is -0.945. The number of aryl methyl sites for hydroxylation is 1. The Labute approximate surface area is 204 Å². The summed E-state index contributed by atoms with van der Waals surface area (Å²) in [6, 6.07) is 14.9. The zero-order valence-corrected chi connectivity index (χ0v) is 20.1. The summed E-state index contributed by atoms with van der Waals surface area (Å²) >= 11 is 5.81. The Morgan fingerprint density at radius 2 is 2.03 bits per heavy atom. The van der Waals surface area contributed by atoms with Crippen LogP contribution in [0.2, 0.25) is 0 Å². The Bertz CT molecular complexity index is 1220. The van der Waals surface area contributed by atoms with Gasteiger partial charge in [0.25, 0.3) is 0 Å². The number of aromatic carboxylic acids is 1. The van der Waals surface area contributed by atoms with E-state index < -0.39 is 5.97 Å². The molecular formula is C26H28N4O3S. The maximum atomic E-state index is 11.9. The summed E-state index contributed by atoms with van der Waals surface area (Å²) in [5.74, 6) is -0.945. The first-order valence-corrected chi connectivity index (χ1v) is 12.0. The number of thiocarbonyl (C=S) groups is 1. The van der Waals surface area contributed by atoms with E-state index in [1.165, 1.54) is 0 Å². The molecule has 1 aromatic carbocycles. The van der Waals surface area contributed by atoms with Gasteiger partial charge in [0.05, 0.1) is 35.1 Å². The molecular weight excluding hydrogens is 448 g/mol. The molecule has 0 amide bonds. The zero-order valence-electron chi connectivity index (χ0n) is 19.3. The molecule has 0 unspecified atom stereocenters. The highest BCUT2D eigenvalue weighted by Gasteiger charge is 2.42. The van der Waals surface area contributed by atoms with Crippen LogP contribution in [-0.4, -0.2) is 49.9 Å². The third-order valence-electron chi connectivity index (χ3n) is 6.79. The second kappa shape index (κ2) is 9.19. The van der Waals surface area contributed by atoms with Crippen LogP contribution in [0.25, 0.3) is 5.69 Å². The average Bonchev–Trinajstić information content (AvgIpc) is 3.53. The minimum absolute atomic E-state index is 0.0939. The summed E-state index contributed by atoms with van der Waals surface area (Å²) in [7, 11) is 0. The number of carbonyl (C=O) groups is 1. The third kappa shape index (κ3) is 3.97. The molecule has 7 nitrogen and oxygen atoms in total. The van der Waals surface area contributed by atoms with Crippen LogP contribution in [0.3, 0.4) is 0 Å². The molecule has 3 atom stereocenters. The molecule has 2 fully saturated rings. The largest absolute Gasteiger partial charge is 0.478 e. The van der Waals surface area contributed by atoms with Crippen molar-refractivity contribution in [2.45, 2.75) is 44.9 Å². The van der Waals surface area contributed by atoms with Gasteiger partial charge in [-0.25, -0.2) is 4.79 Å². The minimum Gasteiger partial charge on any atom is -0.478 e. The molecule has 0 spiro atoms. The number of aromatic nitrogens is 2. The lowest BCUT2D eigenvalue weighted by molar-refractivity contribution is 0.0697. The second-order valence-corrected chi connectivity index (χ2v) is 9.28.